The van der Waals surface area contributed by atoms with Crippen molar-refractivity contribution in [1.82, 2.24) is 5.32 Å². The molecule has 1 fully saturated rings. The van der Waals surface area contributed by atoms with E-state index in [0.717, 1.165) is 37.8 Å². The summed E-state index contributed by atoms with van der Waals surface area (Å²) < 4.78 is 28.8. The molecular weight excluding hydrogens is 393 g/mol. The number of unbranched alkanes of at least 4 members (excludes halogenated alkanes) is 2. The van der Waals surface area contributed by atoms with Gasteiger partial charge in [0.15, 0.2) is 0 Å². The van der Waals surface area contributed by atoms with Gasteiger partial charge in [-0.15, -0.1) is 4.52 Å². The molecule has 8 heteroatoms. The van der Waals surface area contributed by atoms with Crippen molar-refractivity contribution in [3.8, 4) is 0 Å². The van der Waals surface area contributed by atoms with Gasteiger partial charge in [0.1, 0.15) is 6.04 Å². The van der Waals surface area contributed by atoms with E-state index in [-0.39, 0.29) is 0 Å². The fourth-order valence-corrected chi connectivity index (χ4v) is 4.11. The lowest BCUT2D eigenvalue weighted by atomic mass is 10.2. The van der Waals surface area contributed by atoms with Gasteiger partial charge in [0.2, 0.25) is 6.10 Å². The molecule has 3 unspecified atom stereocenters. The van der Waals surface area contributed by atoms with Crippen molar-refractivity contribution in [2.24, 2.45) is 0 Å². The molecule has 1 aliphatic rings. The molecule has 0 aromatic heterocycles. The van der Waals surface area contributed by atoms with Crippen LogP contribution in [0.1, 0.15) is 57.9 Å². The van der Waals surface area contributed by atoms with E-state index >= 15 is 0 Å². The number of ether oxygens (including phenoxy) is 2. The van der Waals surface area contributed by atoms with Crippen molar-refractivity contribution >= 4 is 20.0 Å². The van der Waals surface area contributed by atoms with Gasteiger partial charge in [0, 0.05) is 6.42 Å². The molecule has 1 aromatic rings. The summed E-state index contributed by atoms with van der Waals surface area (Å²) in [6.07, 6.45) is 3.84. The first kappa shape index (κ1) is 23.6. The van der Waals surface area contributed by atoms with Crippen molar-refractivity contribution < 1.29 is 28.2 Å². The average Bonchev–Trinajstić information content (AvgIpc) is 3.26. The number of carbonyl (C=O) groups excluding carboxylic acids is 2. The van der Waals surface area contributed by atoms with Gasteiger partial charge in [-0.1, -0.05) is 50.1 Å². The molecule has 1 aliphatic heterocycles. The fraction of sp³-hybridized carbons (Fsp3) is 0.619. The Morgan fingerprint density at radius 2 is 2.00 bits per heavy atom. The summed E-state index contributed by atoms with van der Waals surface area (Å²) in [6.45, 7) is 4.56. The predicted octanol–water partition coefficient (Wildman–Crippen LogP) is 4.08. The van der Waals surface area contributed by atoms with E-state index in [1.54, 1.807) is 0 Å². The van der Waals surface area contributed by atoms with Crippen LogP contribution in [-0.4, -0.2) is 36.5 Å². The van der Waals surface area contributed by atoms with Crippen LogP contribution in [0.2, 0.25) is 0 Å². The number of carbonyl (C=O) groups is 2. The molecule has 0 bridgehead atoms. The summed E-state index contributed by atoms with van der Waals surface area (Å²) in [5, 5.41) is 2.98. The summed E-state index contributed by atoms with van der Waals surface area (Å²) in [5.74, 6) is -2.07. The van der Waals surface area contributed by atoms with Crippen molar-refractivity contribution in [2.75, 3.05) is 6.54 Å². The molecule has 1 heterocycles. The third kappa shape index (κ3) is 8.31. The second-order valence-corrected chi connectivity index (χ2v) is 8.53. The molecule has 0 radical (unpaired) electrons. The molecule has 4 atom stereocenters. The van der Waals surface area contributed by atoms with Crippen LogP contribution in [0.5, 0.6) is 0 Å². The Balaban J connectivity index is 1.86. The first-order valence-corrected chi connectivity index (χ1v) is 11.5. The largest absolute Gasteiger partial charge is 0.541 e. The molecule has 160 valence electrons. The number of hydrogen-bond acceptors (Lipinski definition) is 7. The minimum Gasteiger partial charge on any atom is -0.390 e. The van der Waals surface area contributed by atoms with Crippen LogP contribution in [0.25, 0.3) is 0 Å². The number of nitrogens with one attached hydrogen (secondary N) is 1. The third-order valence-corrected chi connectivity index (χ3v) is 6.12. The normalized spacial score (nSPS) is 18.8. The molecule has 29 heavy (non-hydrogen) atoms. The monoisotopic (exact) mass is 424 g/mol. The lowest BCUT2D eigenvalue weighted by molar-refractivity contribution is -0.165. The van der Waals surface area contributed by atoms with Crippen molar-refractivity contribution in [1.29, 1.82) is 0 Å². The van der Waals surface area contributed by atoms with E-state index in [1.165, 1.54) is 6.92 Å². The van der Waals surface area contributed by atoms with E-state index < -0.39 is 38.0 Å². The Kier molecular flexibility index (Phi) is 10.4. The van der Waals surface area contributed by atoms with E-state index in [1.807, 2.05) is 30.3 Å². The molecule has 1 saturated heterocycles. The summed E-state index contributed by atoms with van der Waals surface area (Å²) in [5.41, 5.74) is 0.971. The van der Waals surface area contributed by atoms with E-state index in [9.17, 15) is 14.2 Å². The van der Waals surface area contributed by atoms with Crippen LogP contribution < -0.4 is 5.32 Å². The van der Waals surface area contributed by atoms with Gasteiger partial charge >= 0.3 is 20.0 Å². The number of esters is 2. The third-order valence-electron chi connectivity index (χ3n) is 4.71. The SMILES string of the molecule is CCCCCC(OCc1ccccc1)[P+](=O)OC(C)C(=O)OC(=O)[C@@H]1CCCN1. The lowest BCUT2D eigenvalue weighted by Crippen LogP contribution is -2.36. The highest BCUT2D eigenvalue weighted by atomic mass is 31.1. The Labute approximate surface area is 173 Å². The van der Waals surface area contributed by atoms with E-state index in [2.05, 4.69) is 12.2 Å². The van der Waals surface area contributed by atoms with Crippen LogP contribution in [0, 0.1) is 0 Å². The molecule has 1 aromatic carbocycles. The van der Waals surface area contributed by atoms with Crippen LogP contribution in [-0.2, 0) is 34.8 Å². The van der Waals surface area contributed by atoms with E-state index in [0.29, 0.717) is 19.4 Å². The Morgan fingerprint density at radius 1 is 1.24 bits per heavy atom. The first-order valence-electron chi connectivity index (χ1n) is 10.3. The van der Waals surface area contributed by atoms with Gasteiger partial charge < -0.3 is 14.8 Å². The maximum Gasteiger partial charge on any atom is 0.541 e. The van der Waals surface area contributed by atoms with Gasteiger partial charge in [-0.2, -0.15) is 0 Å². The zero-order chi connectivity index (χ0) is 21.1. The lowest BCUT2D eigenvalue weighted by Gasteiger charge is -2.12. The minimum absolute atomic E-state index is 0.312. The van der Waals surface area contributed by atoms with Gasteiger partial charge in [0.25, 0.3) is 5.85 Å². The Bertz CT molecular complexity index is 662. The average molecular weight is 424 g/mol. The summed E-state index contributed by atoms with van der Waals surface area (Å²) in [4.78, 5) is 24.1. The van der Waals surface area contributed by atoms with Gasteiger partial charge in [0.05, 0.1) is 6.61 Å². The molecular formula is C21H31NO6P+. The second kappa shape index (κ2) is 12.8. The maximum absolute atomic E-state index is 12.7. The predicted molar refractivity (Wildman–Crippen MR) is 109 cm³/mol. The fourth-order valence-electron chi connectivity index (χ4n) is 2.99. The Morgan fingerprint density at radius 3 is 2.66 bits per heavy atom. The van der Waals surface area contributed by atoms with Crippen LogP contribution >= 0.6 is 8.03 Å². The second-order valence-electron chi connectivity index (χ2n) is 7.17. The minimum atomic E-state index is -2.26. The highest BCUT2D eigenvalue weighted by Crippen LogP contribution is 2.36. The molecule has 2 rings (SSSR count). The molecule has 7 nitrogen and oxygen atoms in total. The van der Waals surface area contributed by atoms with E-state index in [4.69, 9.17) is 14.0 Å². The number of benzene rings is 1. The van der Waals surface area contributed by atoms with Crippen LogP contribution in [0.4, 0.5) is 0 Å². The van der Waals surface area contributed by atoms with Gasteiger partial charge in [-0.3, -0.25) is 0 Å². The summed E-state index contributed by atoms with van der Waals surface area (Å²) in [7, 11) is -2.26. The number of hydrogen-bond donors (Lipinski definition) is 1. The van der Waals surface area contributed by atoms with Gasteiger partial charge in [-0.25, -0.2) is 9.59 Å². The van der Waals surface area contributed by atoms with Crippen LogP contribution in [0.3, 0.4) is 0 Å². The highest BCUT2D eigenvalue weighted by molar-refractivity contribution is 7.39. The zero-order valence-electron chi connectivity index (χ0n) is 17.2. The van der Waals surface area contributed by atoms with Crippen LogP contribution in [0.15, 0.2) is 30.3 Å². The zero-order valence-corrected chi connectivity index (χ0v) is 18.1. The number of rotatable bonds is 12. The van der Waals surface area contributed by atoms with Gasteiger partial charge in [-0.05, 0) is 42.9 Å². The topological polar surface area (TPSA) is 90.9 Å². The molecule has 0 saturated carbocycles. The van der Waals surface area contributed by atoms with Crippen molar-refractivity contribution in [3.63, 3.8) is 0 Å². The summed E-state index contributed by atoms with van der Waals surface area (Å²) in [6, 6.07) is 9.14. The molecule has 0 amide bonds. The van der Waals surface area contributed by atoms with Crippen molar-refractivity contribution in [3.05, 3.63) is 35.9 Å². The Hall–Kier alpha value is -1.66. The smallest absolute Gasteiger partial charge is 0.390 e. The standard InChI is InChI=1S/C21H31NO6P/c1-3-4-6-13-19(26-15-17-10-7-5-8-11-17)29(25)28-16(2)20(23)27-21(24)18-12-9-14-22-18/h5,7-8,10-11,16,18-19,22H,3-4,6,9,12-15H2,1-2H3/q+1/t16?,18-,19?/m0/s1. The molecule has 1 N–H and O–H groups in total. The molecule has 0 spiro atoms. The first-order chi connectivity index (χ1) is 14.0. The maximum atomic E-state index is 12.7. The molecule has 0 aliphatic carbocycles. The quantitative estimate of drug-likeness (QED) is 0.234. The summed E-state index contributed by atoms with van der Waals surface area (Å²) >= 11 is 0. The highest BCUT2D eigenvalue weighted by Gasteiger charge is 2.39. The van der Waals surface area contributed by atoms with Crippen molar-refractivity contribution in [2.45, 2.75) is 77.0 Å².